The minimum Gasteiger partial charge on any atom is -0.323 e. The zero-order valence-corrected chi connectivity index (χ0v) is 20.0. The van der Waals surface area contributed by atoms with Crippen LogP contribution in [0.15, 0.2) is 77.3 Å². The van der Waals surface area contributed by atoms with Gasteiger partial charge in [0.1, 0.15) is 12.4 Å². The van der Waals surface area contributed by atoms with Gasteiger partial charge in [0, 0.05) is 17.8 Å². The second-order valence-corrected chi connectivity index (χ2v) is 9.85. The number of para-hydroxylation sites is 2. The van der Waals surface area contributed by atoms with Gasteiger partial charge in [-0.25, -0.2) is 0 Å². The van der Waals surface area contributed by atoms with Gasteiger partial charge in [-0.05, 0) is 35.6 Å². The number of carbonyl (C=O) groups is 2. The smallest absolute Gasteiger partial charge is 0.244 e. The van der Waals surface area contributed by atoms with E-state index in [2.05, 4.69) is 43.7 Å². The van der Waals surface area contributed by atoms with Crippen molar-refractivity contribution in [2.24, 2.45) is 0 Å². The van der Waals surface area contributed by atoms with Crippen molar-refractivity contribution in [1.29, 1.82) is 0 Å². The molecule has 1 aliphatic rings. The first kappa shape index (κ1) is 22.4. The molecular weight excluding hydrogens is 466 g/mol. The number of anilines is 2. The lowest BCUT2D eigenvalue weighted by molar-refractivity contribution is -0.120. The maximum atomic E-state index is 13.1. The average molecular weight is 490 g/mol. The molecule has 9 heteroatoms. The highest BCUT2D eigenvalue weighted by molar-refractivity contribution is 7.99. The molecule has 7 nitrogen and oxygen atoms in total. The van der Waals surface area contributed by atoms with Gasteiger partial charge < -0.3 is 14.8 Å². The van der Waals surface area contributed by atoms with E-state index in [1.165, 1.54) is 22.2 Å². The van der Waals surface area contributed by atoms with Gasteiger partial charge in [0.25, 0.3) is 0 Å². The number of amides is 2. The van der Waals surface area contributed by atoms with E-state index in [-0.39, 0.29) is 24.1 Å². The number of hydrogen-bond acceptors (Lipinski definition) is 6. The van der Waals surface area contributed by atoms with E-state index in [4.69, 9.17) is 0 Å². The predicted octanol–water partition coefficient (Wildman–Crippen LogP) is 4.25. The fourth-order valence-electron chi connectivity index (χ4n) is 3.90. The summed E-state index contributed by atoms with van der Waals surface area (Å²) in [5.74, 6) is 0.728. The summed E-state index contributed by atoms with van der Waals surface area (Å²) in [4.78, 5) is 28.0. The second kappa shape index (κ2) is 10.2. The van der Waals surface area contributed by atoms with Crippen LogP contribution in [0.3, 0.4) is 0 Å². The van der Waals surface area contributed by atoms with Gasteiger partial charge >= 0.3 is 0 Å². The number of aryl methyl sites for hydroxylation is 1. The molecule has 0 radical (unpaired) electrons. The number of aromatic nitrogens is 3. The quantitative estimate of drug-likeness (QED) is 0.374. The molecule has 2 amide bonds. The van der Waals surface area contributed by atoms with E-state index in [1.54, 1.807) is 22.3 Å². The van der Waals surface area contributed by atoms with Crippen molar-refractivity contribution < 1.29 is 9.59 Å². The fourth-order valence-corrected chi connectivity index (χ4v) is 5.46. The third-order valence-electron chi connectivity index (χ3n) is 5.57. The van der Waals surface area contributed by atoms with Crippen molar-refractivity contribution in [2.75, 3.05) is 22.5 Å². The van der Waals surface area contributed by atoms with E-state index < -0.39 is 0 Å². The first-order valence-corrected chi connectivity index (χ1v) is 12.8. The SMILES string of the molecule is O=C1CN(C(=O)CSc2nnc(Cc3cccs3)n2CCc2ccccc2)c2ccccc2N1. The number of thioether (sulfide) groups is 1. The third kappa shape index (κ3) is 5.05. The molecule has 172 valence electrons. The lowest BCUT2D eigenvalue weighted by Gasteiger charge is -2.29. The largest absolute Gasteiger partial charge is 0.323 e. The number of nitrogens with one attached hydrogen (secondary N) is 1. The normalized spacial score (nSPS) is 12.9. The molecule has 0 spiro atoms. The van der Waals surface area contributed by atoms with Crippen LogP contribution in [-0.2, 0) is 29.0 Å². The minimum atomic E-state index is -0.193. The zero-order valence-electron chi connectivity index (χ0n) is 18.4. The summed E-state index contributed by atoms with van der Waals surface area (Å²) in [5.41, 5.74) is 2.61. The van der Waals surface area contributed by atoms with Crippen LogP contribution in [-0.4, -0.2) is 38.9 Å². The van der Waals surface area contributed by atoms with Crippen molar-refractivity contribution in [3.63, 3.8) is 0 Å². The molecular formula is C25H23N5O2S2. The van der Waals surface area contributed by atoms with E-state index in [9.17, 15) is 9.59 Å². The highest BCUT2D eigenvalue weighted by atomic mass is 32.2. The van der Waals surface area contributed by atoms with E-state index >= 15 is 0 Å². The highest BCUT2D eigenvalue weighted by Gasteiger charge is 2.27. The Kier molecular flexibility index (Phi) is 6.73. The van der Waals surface area contributed by atoms with Crippen LogP contribution in [0.2, 0.25) is 0 Å². The molecule has 0 bridgehead atoms. The molecule has 1 N–H and O–H groups in total. The highest BCUT2D eigenvalue weighted by Crippen LogP contribution is 2.30. The van der Waals surface area contributed by atoms with Gasteiger partial charge in [0.2, 0.25) is 11.8 Å². The molecule has 0 aliphatic carbocycles. The first-order chi connectivity index (χ1) is 16.7. The monoisotopic (exact) mass is 489 g/mol. The van der Waals surface area contributed by atoms with Crippen molar-refractivity contribution >= 4 is 46.3 Å². The second-order valence-electron chi connectivity index (χ2n) is 7.88. The summed E-state index contributed by atoms with van der Waals surface area (Å²) in [6, 6.07) is 21.8. The summed E-state index contributed by atoms with van der Waals surface area (Å²) >= 11 is 3.06. The van der Waals surface area contributed by atoms with Gasteiger partial charge in [0.15, 0.2) is 5.16 Å². The van der Waals surface area contributed by atoms with Crippen molar-refractivity contribution in [1.82, 2.24) is 14.8 Å². The number of rotatable bonds is 8. The van der Waals surface area contributed by atoms with Crippen molar-refractivity contribution in [3.05, 3.63) is 88.4 Å². The van der Waals surface area contributed by atoms with Crippen LogP contribution in [0.5, 0.6) is 0 Å². The number of nitrogens with zero attached hydrogens (tertiary/aromatic N) is 4. The van der Waals surface area contributed by atoms with Crippen molar-refractivity contribution in [3.8, 4) is 0 Å². The number of thiophene rings is 1. The number of carbonyl (C=O) groups excluding carboxylic acids is 2. The molecule has 3 heterocycles. The molecule has 34 heavy (non-hydrogen) atoms. The maximum absolute atomic E-state index is 13.1. The molecule has 0 saturated heterocycles. The van der Waals surface area contributed by atoms with Gasteiger partial charge in [-0.2, -0.15) is 0 Å². The van der Waals surface area contributed by atoms with E-state index in [1.807, 2.05) is 42.5 Å². The van der Waals surface area contributed by atoms with Crippen LogP contribution in [0, 0.1) is 0 Å². The molecule has 0 saturated carbocycles. The molecule has 2 aromatic carbocycles. The number of hydrogen-bond donors (Lipinski definition) is 1. The lowest BCUT2D eigenvalue weighted by atomic mass is 10.1. The summed E-state index contributed by atoms with van der Waals surface area (Å²) < 4.78 is 2.11. The molecule has 5 rings (SSSR count). The van der Waals surface area contributed by atoms with Crippen molar-refractivity contribution in [2.45, 2.75) is 24.5 Å². The van der Waals surface area contributed by atoms with Crippen LogP contribution in [0.1, 0.15) is 16.3 Å². The summed E-state index contributed by atoms with van der Waals surface area (Å²) in [5, 5.41) is 14.5. The van der Waals surface area contributed by atoms with Gasteiger partial charge in [0.05, 0.1) is 17.1 Å². The molecule has 4 aromatic rings. The Morgan fingerprint density at radius 3 is 2.68 bits per heavy atom. The zero-order chi connectivity index (χ0) is 23.3. The van der Waals surface area contributed by atoms with Crippen LogP contribution in [0.4, 0.5) is 11.4 Å². The third-order valence-corrected chi connectivity index (χ3v) is 7.40. The van der Waals surface area contributed by atoms with Gasteiger partial charge in [-0.15, -0.1) is 21.5 Å². The Morgan fingerprint density at radius 1 is 1.03 bits per heavy atom. The summed E-state index contributed by atoms with van der Waals surface area (Å²) in [7, 11) is 0. The molecule has 0 atom stereocenters. The Bertz CT molecular complexity index is 1290. The topological polar surface area (TPSA) is 80.1 Å². The van der Waals surface area contributed by atoms with Crippen LogP contribution < -0.4 is 10.2 Å². The Balaban J connectivity index is 1.33. The summed E-state index contributed by atoms with van der Waals surface area (Å²) in [6.07, 6.45) is 1.55. The Hall–Kier alpha value is -3.43. The Morgan fingerprint density at radius 2 is 1.85 bits per heavy atom. The minimum absolute atomic E-state index is 0.0146. The van der Waals surface area contributed by atoms with Gasteiger partial charge in [-0.1, -0.05) is 60.3 Å². The molecule has 2 aromatic heterocycles. The predicted molar refractivity (Wildman–Crippen MR) is 135 cm³/mol. The maximum Gasteiger partial charge on any atom is 0.244 e. The Labute approximate surface area is 205 Å². The molecule has 0 unspecified atom stereocenters. The number of benzene rings is 2. The standard InChI is InChI=1S/C25H23N5O2S2/c31-23-16-30(21-11-5-4-10-20(21)26-23)24(32)17-34-25-28-27-22(15-19-9-6-14-33-19)29(25)13-12-18-7-2-1-3-8-18/h1-11,14H,12-13,15-17H2,(H,26,31). The fraction of sp³-hybridized carbons (Fsp3) is 0.200. The van der Waals surface area contributed by atoms with E-state index in [0.29, 0.717) is 17.3 Å². The van der Waals surface area contributed by atoms with Crippen LogP contribution >= 0.6 is 23.1 Å². The van der Waals surface area contributed by atoms with Gasteiger partial charge in [-0.3, -0.25) is 9.59 Å². The lowest BCUT2D eigenvalue weighted by Crippen LogP contribution is -2.43. The van der Waals surface area contributed by atoms with E-state index in [0.717, 1.165) is 24.5 Å². The first-order valence-electron chi connectivity index (χ1n) is 11.0. The molecule has 1 aliphatic heterocycles. The number of fused-ring (bicyclic) bond motifs is 1. The molecule has 0 fully saturated rings. The average Bonchev–Trinajstić information content (AvgIpc) is 3.51. The summed E-state index contributed by atoms with van der Waals surface area (Å²) in [6.45, 7) is 0.740. The van der Waals surface area contributed by atoms with Crippen LogP contribution in [0.25, 0.3) is 0 Å².